The van der Waals surface area contributed by atoms with Crippen LogP contribution in [-0.2, 0) is 4.74 Å². The van der Waals surface area contributed by atoms with E-state index in [-0.39, 0.29) is 6.04 Å². The van der Waals surface area contributed by atoms with Gasteiger partial charge < -0.3 is 4.74 Å². The SMILES string of the molecule is NNC(CCCC1CCCO1)c1cccc(Br)c1. The van der Waals surface area contributed by atoms with Crippen molar-refractivity contribution in [1.29, 1.82) is 0 Å². The van der Waals surface area contributed by atoms with Crippen molar-refractivity contribution in [2.24, 2.45) is 5.84 Å². The monoisotopic (exact) mass is 312 g/mol. The Hall–Kier alpha value is -0.420. The van der Waals surface area contributed by atoms with Crippen molar-refractivity contribution >= 4 is 15.9 Å². The summed E-state index contributed by atoms with van der Waals surface area (Å²) in [6.07, 6.45) is 6.25. The van der Waals surface area contributed by atoms with Crippen LogP contribution >= 0.6 is 15.9 Å². The fourth-order valence-electron chi connectivity index (χ4n) is 2.49. The first-order valence-corrected chi connectivity index (χ1v) is 7.42. The van der Waals surface area contributed by atoms with E-state index < -0.39 is 0 Å². The lowest BCUT2D eigenvalue weighted by Crippen LogP contribution is -2.28. The fraction of sp³-hybridized carbons (Fsp3) is 0.571. The Morgan fingerprint density at radius 2 is 2.39 bits per heavy atom. The number of hydrogen-bond acceptors (Lipinski definition) is 3. The molecule has 1 heterocycles. The number of nitrogens with two attached hydrogens (primary N) is 1. The zero-order chi connectivity index (χ0) is 12.8. The van der Waals surface area contributed by atoms with Crippen LogP contribution < -0.4 is 11.3 Å². The molecule has 0 aromatic heterocycles. The molecule has 0 saturated carbocycles. The van der Waals surface area contributed by atoms with Crippen LogP contribution in [0.1, 0.15) is 43.7 Å². The van der Waals surface area contributed by atoms with Crippen LogP contribution in [0.15, 0.2) is 28.7 Å². The molecule has 2 unspecified atom stereocenters. The molecule has 0 aliphatic carbocycles. The second-order valence-corrected chi connectivity index (χ2v) is 5.76. The maximum Gasteiger partial charge on any atom is 0.0576 e. The minimum atomic E-state index is 0.226. The lowest BCUT2D eigenvalue weighted by atomic mass is 10.00. The van der Waals surface area contributed by atoms with Crippen molar-refractivity contribution in [2.45, 2.75) is 44.2 Å². The predicted molar refractivity (Wildman–Crippen MR) is 77.0 cm³/mol. The van der Waals surface area contributed by atoms with E-state index in [1.165, 1.54) is 18.4 Å². The van der Waals surface area contributed by atoms with Gasteiger partial charge in [0.1, 0.15) is 0 Å². The zero-order valence-electron chi connectivity index (χ0n) is 10.6. The largest absolute Gasteiger partial charge is 0.378 e. The van der Waals surface area contributed by atoms with E-state index in [9.17, 15) is 0 Å². The van der Waals surface area contributed by atoms with Gasteiger partial charge in [0.25, 0.3) is 0 Å². The van der Waals surface area contributed by atoms with E-state index in [1.807, 2.05) is 12.1 Å². The minimum absolute atomic E-state index is 0.226. The predicted octanol–water partition coefficient (Wildman–Crippen LogP) is 3.30. The summed E-state index contributed by atoms with van der Waals surface area (Å²) in [5.74, 6) is 5.65. The van der Waals surface area contributed by atoms with Crippen molar-refractivity contribution in [3.05, 3.63) is 34.3 Å². The molecule has 1 fully saturated rings. The number of rotatable bonds is 6. The third-order valence-electron chi connectivity index (χ3n) is 3.50. The van der Waals surface area contributed by atoms with Crippen LogP contribution in [0.25, 0.3) is 0 Å². The molecule has 3 nitrogen and oxygen atoms in total. The Labute approximate surface area is 117 Å². The normalized spacial score (nSPS) is 21.1. The Kier molecular flexibility index (Phi) is 5.63. The lowest BCUT2D eigenvalue weighted by Gasteiger charge is -2.17. The van der Waals surface area contributed by atoms with Gasteiger partial charge in [-0.3, -0.25) is 11.3 Å². The second-order valence-electron chi connectivity index (χ2n) is 4.84. The van der Waals surface area contributed by atoms with Gasteiger partial charge in [0.05, 0.1) is 6.10 Å². The standard InChI is InChI=1S/C14H21BrN2O/c15-12-5-1-4-11(10-12)14(17-16)8-2-6-13-7-3-9-18-13/h1,4-5,10,13-14,17H,2-3,6-9,16H2. The van der Waals surface area contributed by atoms with E-state index in [0.29, 0.717) is 6.10 Å². The Balaban J connectivity index is 1.81. The summed E-state index contributed by atoms with van der Waals surface area (Å²) < 4.78 is 6.73. The Bertz CT molecular complexity index is 367. The molecule has 1 aromatic rings. The smallest absolute Gasteiger partial charge is 0.0576 e. The molecule has 2 atom stereocenters. The highest BCUT2D eigenvalue weighted by atomic mass is 79.9. The maximum absolute atomic E-state index is 5.65. The molecule has 2 rings (SSSR count). The molecular weight excluding hydrogens is 292 g/mol. The van der Waals surface area contributed by atoms with Crippen molar-refractivity contribution in [2.75, 3.05) is 6.61 Å². The van der Waals surface area contributed by atoms with E-state index in [2.05, 4.69) is 33.5 Å². The van der Waals surface area contributed by atoms with Gasteiger partial charge in [0.2, 0.25) is 0 Å². The molecule has 100 valence electrons. The number of benzene rings is 1. The molecule has 18 heavy (non-hydrogen) atoms. The van der Waals surface area contributed by atoms with Crippen LogP contribution in [0.2, 0.25) is 0 Å². The second kappa shape index (κ2) is 7.24. The first-order chi connectivity index (χ1) is 8.79. The Morgan fingerprint density at radius 1 is 1.50 bits per heavy atom. The summed E-state index contributed by atoms with van der Waals surface area (Å²) >= 11 is 3.49. The van der Waals surface area contributed by atoms with Crippen molar-refractivity contribution in [1.82, 2.24) is 5.43 Å². The molecule has 3 N–H and O–H groups in total. The number of hydrogen-bond donors (Lipinski definition) is 2. The quantitative estimate of drug-likeness (QED) is 0.626. The first-order valence-electron chi connectivity index (χ1n) is 6.63. The summed E-state index contributed by atoms with van der Waals surface area (Å²) in [5, 5.41) is 0. The molecular formula is C14H21BrN2O. The van der Waals surface area contributed by atoms with Crippen LogP contribution in [0.3, 0.4) is 0 Å². The molecule has 1 saturated heterocycles. The van der Waals surface area contributed by atoms with Crippen LogP contribution in [-0.4, -0.2) is 12.7 Å². The number of ether oxygens (including phenoxy) is 1. The number of halogens is 1. The molecule has 1 aliphatic heterocycles. The Morgan fingerprint density at radius 3 is 3.06 bits per heavy atom. The van der Waals surface area contributed by atoms with E-state index in [1.54, 1.807) is 0 Å². The average molecular weight is 313 g/mol. The highest BCUT2D eigenvalue weighted by molar-refractivity contribution is 9.10. The number of hydrazine groups is 1. The van der Waals surface area contributed by atoms with Crippen LogP contribution in [0, 0.1) is 0 Å². The van der Waals surface area contributed by atoms with E-state index in [0.717, 1.165) is 30.3 Å². The van der Waals surface area contributed by atoms with Gasteiger partial charge in [-0.2, -0.15) is 0 Å². The first kappa shape index (κ1) is 14.0. The third kappa shape index (κ3) is 4.05. The van der Waals surface area contributed by atoms with Gasteiger partial charge in [-0.25, -0.2) is 0 Å². The van der Waals surface area contributed by atoms with E-state index >= 15 is 0 Å². The van der Waals surface area contributed by atoms with Crippen molar-refractivity contribution < 1.29 is 4.74 Å². The summed E-state index contributed by atoms with van der Waals surface area (Å²) in [5.41, 5.74) is 4.14. The van der Waals surface area contributed by atoms with Crippen molar-refractivity contribution in [3.8, 4) is 0 Å². The lowest BCUT2D eigenvalue weighted by molar-refractivity contribution is 0.101. The van der Waals surface area contributed by atoms with Gasteiger partial charge in [-0.1, -0.05) is 28.1 Å². The molecule has 1 aliphatic rings. The summed E-state index contributed by atoms with van der Waals surface area (Å²) in [4.78, 5) is 0. The van der Waals surface area contributed by atoms with Gasteiger partial charge in [0, 0.05) is 17.1 Å². The maximum atomic E-state index is 5.65. The van der Waals surface area contributed by atoms with Gasteiger partial charge in [-0.15, -0.1) is 0 Å². The van der Waals surface area contributed by atoms with Gasteiger partial charge in [-0.05, 0) is 49.8 Å². The molecule has 0 radical (unpaired) electrons. The van der Waals surface area contributed by atoms with E-state index in [4.69, 9.17) is 10.6 Å². The van der Waals surface area contributed by atoms with Gasteiger partial charge >= 0.3 is 0 Å². The number of nitrogens with one attached hydrogen (secondary N) is 1. The van der Waals surface area contributed by atoms with Crippen LogP contribution in [0.4, 0.5) is 0 Å². The highest BCUT2D eigenvalue weighted by Gasteiger charge is 2.16. The molecule has 0 bridgehead atoms. The topological polar surface area (TPSA) is 47.3 Å². The molecule has 1 aromatic carbocycles. The average Bonchev–Trinajstić information content (AvgIpc) is 2.88. The van der Waals surface area contributed by atoms with Gasteiger partial charge in [0.15, 0.2) is 0 Å². The van der Waals surface area contributed by atoms with Crippen LogP contribution in [0.5, 0.6) is 0 Å². The molecule has 0 spiro atoms. The zero-order valence-corrected chi connectivity index (χ0v) is 12.2. The summed E-state index contributed by atoms with van der Waals surface area (Å²) in [6.45, 7) is 0.939. The van der Waals surface area contributed by atoms with Crippen molar-refractivity contribution in [3.63, 3.8) is 0 Å². The fourth-order valence-corrected chi connectivity index (χ4v) is 2.91. The minimum Gasteiger partial charge on any atom is -0.378 e. The molecule has 0 amide bonds. The third-order valence-corrected chi connectivity index (χ3v) is 3.99. The highest BCUT2D eigenvalue weighted by Crippen LogP contribution is 2.24. The summed E-state index contributed by atoms with van der Waals surface area (Å²) in [7, 11) is 0. The molecule has 4 heteroatoms. The summed E-state index contributed by atoms with van der Waals surface area (Å²) in [6, 6.07) is 8.54.